The van der Waals surface area contributed by atoms with Gasteiger partial charge in [-0.2, -0.15) is 0 Å². The molecular formula is C12H19N3O3S. The van der Waals surface area contributed by atoms with Crippen LogP contribution in [0.15, 0.2) is 0 Å². The van der Waals surface area contributed by atoms with Gasteiger partial charge in [-0.05, 0) is 13.8 Å². The maximum atomic E-state index is 12.2. The number of thioether (sulfide) groups is 1. The number of carbonyl (C=O) groups is 3. The molecule has 2 aliphatic rings. The van der Waals surface area contributed by atoms with Crippen LogP contribution < -0.4 is 5.32 Å². The Morgan fingerprint density at radius 1 is 1.37 bits per heavy atom. The Balaban J connectivity index is 1.92. The summed E-state index contributed by atoms with van der Waals surface area (Å²) < 4.78 is 0. The van der Waals surface area contributed by atoms with Gasteiger partial charge in [-0.3, -0.25) is 14.4 Å². The highest BCUT2D eigenvalue weighted by molar-refractivity contribution is 8.13. The molecule has 2 aliphatic heterocycles. The Hall–Kier alpha value is -1.24. The lowest BCUT2D eigenvalue weighted by Crippen LogP contribution is -2.63. The Morgan fingerprint density at radius 2 is 2.11 bits per heavy atom. The predicted octanol–water partition coefficient (Wildman–Crippen LogP) is 0.282. The monoisotopic (exact) mass is 285 g/mol. The third-order valence-electron chi connectivity index (χ3n) is 3.59. The Bertz CT molecular complexity index is 411. The van der Waals surface area contributed by atoms with Crippen LogP contribution >= 0.6 is 11.8 Å². The SMILES string of the molecule is CC1(C)C(=O)NCCN1C(=O)CCN1CCSC1=O. The molecule has 0 unspecified atom stereocenters. The van der Waals surface area contributed by atoms with Crippen molar-refractivity contribution in [1.82, 2.24) is 15.1 Å². The lowest BCUT2D eigenvalue weighted by atomic mass is 9.98. The molecular weight excluding hydrogens is 266 g/mol. The second-order valence-electron chi connectivity index (χ2n) is 5.21. The highest BCUT2D eigenvalue weighted by Gasteiger charge is 2.40. The summed E-state index contributed by atoms with van der Waals surface area (Å²) >= 11 is 1.29. The van der Waals surface area contributed by atoms with E-state index in [0.717, 1.165) is 5.75 Å². The van der Waals surface area contributed by atoms with Crippen LogP contribution in [-0.4, -0.2) is 64.3 Å². The quantitative estimate of drug-likeness (QED) is 0.809. The second-order valence-corrected chi connectivity index (χ2v) is 6.26. The number of nitrogens with zero attached hydrogens (tertiary/aromatic N) is 2. The van der Waals surface area contributed by atoms with E-state index in [1.54, 1.807) is 23.6 Å². The summed E-state index contributed by atoms with van der Waals surface area (Å²) in [7, 11) is 0. The fourth-order valence-electron chi connectivity index (χ4n) is 2.33. The zero-order valence-corrected chi connectivity index (χ0v) is 12.1. The van der Waals surface area contributed by atoms with Crippen LogP contribution in [0.1, 0.15) is 20.3 Å². The summed E-state index contributed by atoms with van der Waals surface area (Å²) in [4.78, 5) is 38.7. The third-order valence-corrected chi connectivity index (χ3v) is 4.48. The fourth-order valence-corrected chi connectivity index (χ4v) is 3.18. The van der Waals surface area contributed by atoms with Gasteiger partial charge in [0.1, 0.15) is 5.54 Å². The molecule has 7 heteroatoms. The van der Waals surface area contributed by atoms with Crippen molar-refractivity contribution < 1.29 is 14.4 Å². The minimum atomic E-state index is -0.806. The molecule has 0 atom stereocenters. The van der Waals surface area contributed by atoms with Gasteiger partial charge in [0.2, 0.25) is 11.8 Å². The van der Waals surface area contributed by atoms with Crippen LogP contribution in [-0.2, 0) is 9.59 Å². The molecule has 0 aromatic rings. The van der Waals surface area contributed by atoms with Crippen molar-refractivity contribution in [2.45, 2.75) is 25.8 Å². The molecule has 6 nitrogen and oxygen atoms in total. The summed E-state index contributed by atoms with van der Waals surface area (Å²) in [5.74, 6) is 0.606. The van der Waals surface area contributed by atoms with E-state index in [2.05, 4.69) is 5.32 Å². The highest BCUT2D eigenvalue weighted by atomic mass is 32.2. The van der Waals surface area contributed by atoms with E-state index in [9.17, 15) is 14.4 Å². The van der Waals surface area contributed by atoms with E-state index in [1.807, 2.05) is 0 Å². The smallest absolute Gasteiger partial charge is 0.281 e. The molecule has 106 valence electrons. The predicted molar refractivity (Wildman–Crippen MR) is 72.8 cm³/mol. The van der Waals surface area contributed by atoms with E-state index >= 15 is 0 Å². The number of nitrogens with one attached hydrogen (secondary N) is 1. The van der Waals surface area contributed by atoms with Crippen molar-refractivity contribution in [1.29, 1.82) is 0 Å². The van der Waals surface area contributed by atoms with Crippen LogP contribution in [0.5, 0.6) is 0 Å². The van der Waals surface area contributed by atoms with Crippen LogP contribution in [0.4, 0.5) is 4.79 Å². The maximum absolute atomic E-state index is 12.2. The topological polar surface area (TPSA) is 69.7 Å². The largest absolute Gasteiger partial charge is 0.352 e. The van der Waals surface area contributed by atoms with Crippen molar-refractivity contribution in [3.63, 3.8) is 0 Å². The third kappa shape index (κ3) is 2.86. The molecule has 3 amide bonds. The summed E-state index contributed by atoms with van der Waals surface area (Å²) in [6, 6.07) is 0. The first-order valence-electron chi connectivity index (χ1n) is 6.43. The molecule has 1 N–H and O–H groups in total. The first-order valence-corrected chi connectivity index (χ1v) is 7.42. The maximum Gasteiger partial charge on any atom is 0.281 e. The summed E-state index contributed by atoms with van der Waals surface area (Å²) in [6.07, 6.45) is 0.281. The van der Waals surface area contributed by atoms with Gasteiger partial charge in [0.05, 0.1) is 0 Å². The normalized spacial score (nSPS) is 22.6. The van der Waals surface area contributed by atoms with Crippen molar-refractivity contribution in [2.75, 3.05) is 31.9 Å². The highest BCUT2D eigenvalue weighted by Crippen LogP contribution is 2.20. The van der Waals surface area contributed by atoms with Crippen molar-refractivity contribution in [3.8, 4) is 0 Å². The van der Waals surface area contributed by atoms with Crippen molar-refractivity contribution in [2.24, 2.45) is 0 Å². The number of carbonyl (C=O) groups excluding carboxylic acids is 3. The van der Waals surface area contributed by atoms with E-state index < -0.39 is 5.54 Å². The second kappa shape index (κ2) is 5.40. The molecule has 0 spiro atoms. The van der Waals surface area contributed by atoms with Gasteiger partial charge in [-0.15, -0.1) is 0 Å². The van der Waals surface area contributed by atoms with E-state index in [1.165, 1.54) is 11.8 Å². The zero-order chi connectivity index (χ0) is 14.0. The minimum absolute atomic E-state index is 0.0449. The van der Waals surface area contributed by atoms with E-state index in [-0.39, 0.29) is 23.5 Å². The number of hydrogen-bond acceptors (Lipinski definition) is 4. The van der Waals surface area contributed by atoms with Gasteiger partial charge in [-0.1, -0.05) is 11.8 Å². The lowest BCUT2D eigenvalue weighted by Gasteiger charge is -2.41. The molecule has 0 aliphatic carbocycles. The molecule has 2 rings (SSSR count). The number of piperazine rings is 1. The molecule has 0 aromatic carbocycles. The van der Waals surface area contributed by atoms with Gasteiger partial charge in [-0.25, -0.2) is 0 Å². The van der Waals surface area contributed by atoms with E-state index in [0.29, 0.717) is 26.2 Å². The van der Waals surface area contributed by atoms with Crippen LogP contribution in [0.2, 0.25) is 0 Å². The molecule has 0 aromatic heterocycles. The Morgan fingerprint density at radius 3 is 2.74 bits per heavy atom. The van der Waals surface area contributed by atoms with Crippen LogP contribution in [0.25, 0.3) is 0 Å². The molecule has 2 saturated heterocycles. The molecule has 0 saturated carbocycles. The van der Waals surface area contributed by atoms with Crippen LogP contribution in [0.3, 0.4) is 0 Å². The summed E-state index contributed by atoms with van der Waals surface area (Å²) in [5.41, 5.74) is -0.806. The Kier molecular flexibility index (Phi) is 4.03. The number of amides is 3. The first-order chi connectivity index (χ1) is 8.93. The minimum Gasteiger partial charge on any atom is -0.352 e. The standard InChI is InChI=1S/C12H19N3O3S/c1-12(2)10(17)13-4-6-15(12)9(16)3-5-14-7-8-19-11(14)18/h3-8H2,1-2H3,(H,13,17). The van der Waals surface area contributed by atoms with Gasteiger partial charge in [0, 0.05) is 38.4 Å². The van der Waals surface area contributed by atoms with Crippen molar-refractivity contribution in [3.05, 3.63) is 0 Å². The Labute approximate surface area is 116 Å². The lowest BCUT2D eigenvalue weighted by molar-refractivity contribution is -0.149. The molecule has 0 radical (unpaired) electrons. The van der Waals surface area contributed by atoms with Crippen LogP contribution in [0, 0.1) is 0 Å². The molecule has 2 fully saturated rings. The van der Waals surface area contributed by atoms with Gasteiger partial charge in [0.25, 0.3) is 5.24 Å². The van der Waals surface area contributed by atoms with E-state index in [4.69, 9.17) is 0 Å². The number of rotatable bonds is 3. The molecule has 19 heavy (non-hydrogen) atoms. The zero-order valence-electron chi connectivity index (χ0n) is 11.3. The average Bonchev–Trinajstić information content (AvgIpc) is 2.75. The van der Waals surface area contributed by atoms with Gasteiger partial charge < -0.3 is 15.1 Å². The average molecular weight is 285 g/mol. The van der Waals surface area contributed by atoms with Crippen molar-refractivity contribution >= 4 is 28.8 Å². The molecule has 2 heterocycles. The first kappa shape index (κ1) is 14.2. The summed E-state index contributed by atoms with van der Waals surface area (Å²) in [5, 5.41) is 2.81. The van der Waals surface area contributed by atoms with Gasteiger partial charge in [0.15, 0.2) is 0 Å². The molecule has 0 bridgehead atoms. The number of hydrogen-bond donors (Lipinski definition) is 1. The van der Waals surface area contributed by atoms with Gasteiger partial charge >= 0.3 is 0 Å². The summed E-state index contributed by atoms with van der Waals surface area (Å²) in [6.45, 7) is 5.67. The fraction of sp³-hybridized carbons (Fsp3) is 0.750.